The first-order chi connectivity index (χ1) is 6.86. The molecule has 1 fully saturated rings. The second kappa shape index (κ2) is 4.47. The number of rotatable bonds is 3. The third-order valence-corrected chi connectivity index (χ3v) is 2.70. The van der Waals surface area contributed by atoms with Crippen LogP contribution in [-0.2, 0) is 4.74 Å². The summed E-state index contributed by atoms with van der Waals surface area (Å²) >= 11 is 0. The molecular formula is C12H17NO. The molecule has 0 amide bonds. The number of ether oxygens (including phenoxy) is 1. The first-order valence-corrected chi connectivity index (χ1v) is 5.24. The smallest absolute Gasteiger partial charge is 0.0750 e. The lowest BCUT2D eigenvalue weighted by Crippen LogP contribution is -2.28. The van der Waals surface area contributed by atoms with Crippen molar-refractivity contribution >= 4 is 5.69 Å². The van der Waals surface area contributed by atoms with Crippen molar-refractivity contribution in [2.45, 2.75) is 18.9 Å². The Morgan fingerprint density at radius 1 is 1.36 bits per heavy atom. The standard InChI is InChI=1S/C12H17NO/c1-13(10-12-8-5-9-14-12)11-6-3-2-4-7-11/h2-4,6-7,12H,5,8-10H2,1H3. The molecule has 0 aliphatic carbocycles. The van der Waals surface area contributed by atoms with Crippen molar-refractivity contribution in [2.24, 2.45) is 0 Å². The van der Waals surface area contributed by atoms with E-state index >= 15 is 0 Å². The minimum Gasteiger partial charge on any atom is -0.376 e. The quantitative estimate of drug-likeness (QED) is 0.727. The van der Waals surface area contributed by atoms with Crippen LogP contribution in [-0.4, -0.2) is 26.3 Å². The first-order valence-electron chi connectivity index (χ1n) is 5.24. The van der Waals surface area contributed by atoms with Crippen molar-refractivity contribution in [1.82, 2.24) is 0 Å². The molecule has 1 unspecified atom stereocenters. The van der Waals surface area contributed by atoms with Crippen LogP contribution in [0.4, 0.5) is 5.69 Å². The molecule has 1 aromatic carbocycles. The second-order valence-corrected chi connectivity index (χ2v) is 3.85. The molecule has 0 bridgehead atoms. The van der Waals surface area contributed by atoms with Crippen molar-refractivity contribution in [3.8, 4) is 0 Å². The van der Waals surface area contributed by atoms with E-state index < -0.39 is 0 Å². The SMILES string of the molecule is CN(CC1CCCO1)c1ccccc1. The van der Waals surface area contributed by atoms with Crippen LogP contribution in [0.15, 0.2) is 30.3 Å². The van der Waals surface area contributed by atoms with Crippen molar-refractivity contribution in [3.05, 3.63) is 30.3 Å². The highest BCUT2D eigenvalue weighted by atomic mass is 16.5. The van der Waals surface area contributed by atoms with Gasteiger partial charge in [-0.25, -0.2) is 0 Å². The Hall–Kier alpha value is -1.02. The van der Waals surface area contributed by atoms with Gasteiger partial charge < -0.3 is 9.64 Å². The normalized spacial score (nSPS) is 21.1. The Morgan fingerprint density at radius 2 is 2.14 bits per heavy atom. The van der Waals surface area contributed by atoms with Gasteiger partial charge in [-0.15, -0.1) is 0 Å². The molecule has 0 aromatic heterocycles. The third-order valence-electron chi connectivity index (χ3n) is 2.70. The van der Waals surface area contributed by atoms with Crippen LogP contribution in [0.2, 0.25) is 0 Å². The van der Waals surface area contributed by atoms with Gasteiger partial charge in [0.25, 0.3) is 0 Å². The summed E-state index contributed by atoms with van der Waals surface area (Å²) < 4.78 is 5.60. The molecule has 1 saturated heterocycles. The zero-order valence-corrected chi connectivity index (χ0v) is 8.65. The van der Waals surface area contributed by atoms with E-state index in [0.717, 1.165) is 13.2 Å². The van der Waals surface area contributed by atoms with Crippen molar-refractivity contribution in [2.75, 3.05) is 25.1 Å². The summed E-state index contributed by atoms with van der Waals surface area (Å²) in [5.41, 5.74) is 1.27. The van der Waals surface area contributed by atoms with E-state index in [1.807, 2.05) is 6.07 Å². The maximum Gasteiger partial charge on any atom is 0.0750 e. The summed E-state index contributed by atoms with van der Waals surface area (Å²) in [5.74, 6) is 0. The van der Waals surface area contributed by atoms with Gasteiger partial charge in [0.15, 0.2) is 0 Å². The summed E-state index contributed by atoms with van der Waals surface area (Å²) in [5, 5.41) is 0. The molecule has 1 heterocycles. The highest BCUT2D eigenvalue weighted by Crippen LogP contribution is 2.17. The Labute approximate surface area is 85.5 Å². The predicted molar refractivity (Wildman–Crippen MR) is 58.7 cm³/mol. The molecule has 2 heteroatoms. The third kappa shape index (κ3) is 2.26. The molecule has 1 aromatic rings. The monoisotopic (exact) mass is 191 g/mol. The van der Waals surface area contributed by atoms with Crippen LogP contribution < -0.4 is 4.90 Å². The predicted octanol–water partition coefficient (Wildman–Crippen LogP) is 2.30. The van der Waals surface area contributed by atoms with Gasteiger partial charge in [0, 0.05) is 25.9 Å². The van der Waals surface area contributed by atoms with Gasteiger partial charge in [-0.2, -0.15) is 0 Å². The highest BCUT2D eigenvalue weighted by molar-refractivity contribution is 5.45. The number of anilines is 1. The number of benzene rings is 1. The molecule has 0 N–H and O–H groups in total. The molecule has 0 spiro atoms. The van der Waals surface area contributed by atoms with E-state index in [2.05, 4.69) is 36.2 Å². The van der Waals surface area contributed by atoms with Crippen LogP contribution in [0.5, 0.6) is 0 Å². The number of likely N-dealkylation sites (N-methyl/N-ethyl adjacent to an activating group) is 1. The molecule has 2 nitrogen and oxygen atoms in total. The summed E-state index contributed by atoms with van der Waals surface area (Å²) in [4.78, 5) is 2.26. The highest BCUT2D eigenvalue weighted by Gasteiger charge is 2.17. The number of hydrogen-bond acceptors (Lipinski definition) is 2. The molecule has 1 aliphatic heterocycles. The van der Waals surface area contributed by atoms with E-state index in [1.54, 1.807) is 0 Å². The van der Waals surface area contributed by atoms with Gasteiger partial charge in [-0.3, -0.25) is 0 Å². The van der Waals surface area contributed by atoms with Crippen LogP contribution >= 0.6 is 0 Å². The van der Waals surface area contributed by atoms with Crippen LogP contribution in [0.3, 0.4) is 0 Å². The molecule has 76 valence electrons. The zero-order chi connectivity index (χ0) is 9.80. The van der Waals surface area contributed by atoms with Crippen LogP contribution in [0, 0.1) is 0 Å². The van der Waals surface area contributed by atoms with Crippen molar-refractivity contribution in [1.29, 1.82) is 0 Å². The molecule has 14 heavy (non-hydrogen) atoms. The first kappa shape index (κ1) is 9.53. The van der Waals surface area contributed by atoms with Crippen molar-refractivity contribution in [3.63, 3.8) is 0 Å². The van der Waals surface area contributed by atoms with E-state index in [-0.39, 0.29) is 0 Å². The van der Waals surface area contributed by atoms with E-state index in [4.69, 9.17) is 4.74 Å². The second-order valence-electron chi connectivity index (χ2n) is 3.85. The minimum absolute atomic E-state index is 0.431. The van der Waals surface area contributed by atoms with Gasteiger partial charge in [0.1, 0.15) is 0 Å². The molecule has 1 aliphatic rings. The molecule has 0 radical (unpaired) electrons. The van der Waals surface area contributed by atoms with E-state index in [9.17, 15) is 0 Å². The maximum absolute atomic E-state index is 5.60. The topological polar surface area (TPSA) is 12.5 Å². The summed E-state index contributed by atoms with van der Waals surface area (Å²) in [6, 6.07) is 10.5. The average Bonchev–Trinajstić information content (AvgIpc) is 2.72. The molecule has 0 saturated carbocycles. The van der Waals surface area contributed by atoms with Crippen LogP contribution in [0.1, 0.15) is 12.8 Å². The molecule has 2 rings (SSSR count). The fourth-order valence-corrected chi connectivity index (χ4v) is 1.88. The summed E-state index contributed by atoms with van der Waals surface area (Å²) in [6.07, 6.45) is 2.85. The van der Waals surface area contributed by atoms with Gasteiger partial charge in [0.05, 0.1) is 6.10 Å². The summed E-state index contributed by atoms with van der Waals surface area (Å²) in [7, 11) is 2.12. The van der Waals surface area contributed by atoms with E-state index in [0.29, 0.717) is 6.10 Å². The maximum atomic E-state index is 5.60. The van der Waals surface area contributed by atoms with Gasteiger partial charge in [0.2, 0.25) is 0 Å². The summed E-state index contributed by atoms with van der Waals surface area (Å²) in [6.45, 7) is 1.94. The minimum atomic E-state index is 0.431. The average molecular weight is 191 g/mol. The Bertz CT molecular complexity index is 267. The number of hydrogen-bond donors (Lipinski definition) is 0. The van der Waals surface area contributed by atoms with Gasteiger partial charge in [-0.1, -0.05) is 18.2 Å². The molecule has 1 atom stereocenters. The lowest BCUT2D eigenvalue weighted by atomic mass is 10.2. The Balaban J connectivity index is 1.92. The van der Waals surface area contributed by atoms with E-state index in [1.165, 1.54) is 18.5 Å². The fourth-order valence-electron chi connectivity index (χ4n) is 1.88. The van der Waals surface area contributed by atoms with Crippen molar-refractivity contribution < 1.29 is 4.74 Å². The van der Waals surface area contributed by atoms with Crippen LogP contribution in [0.25, 0.3) is 0 Å². The lowest BCUT2D eigenvalue weighted by molar-refractivity contribution is 0.116. The Morgan fingerprint density at radius 3 is 2.79 bits per heavy atom. The number of nitrogens with zero attached hydrogens (tertiary/aromatic N) is 1. The largest absolute Gasteiger partial charge is 0.376 e. The zero-order valence-electron chi connectivity index (χ0n) is 8.65. The lowest BCUT2D eigenvalue weighted by Gasteiger charge is -2.22. The molecular weight excluding hydrogens is 174 g/mol. The van der Waals surface area contributed by atoms with Gasteiger partial charge in [-0.05, 0) is 25.0 Å². The Kier molecular flexibility index (Phi) is 3.04. The van der Waals surface area contributed by atoms with Gasteiger partial charge >= 0.3 is 0 Å². The number of para-hydroxylation sites is 1. The fraction of sp³-hybridized carbons (Fsp3) is 0.500.